The molecule has 0 spiro atoms. The van der Waals surface area contributed by atoms with Crippen LogP contribution in [0.5, 0.6) is 5.75 Å². The van der Waals surface area contributed by atoms with E-state index in [9.17, 15) is 9.59 Å². The SMILES string of the molecule is CCN(CCO)C(=O)C(=O)NCc1ccc(OC)cc1. The maximum Gasteiger partial charge on any atom is 0.311 e. The van der Waals surface area contributed by atoms with E-state index < -0.39 is 11.8 Å². The maximum absolute atomic E-state index is 11.8. The first-order chi connectivity index (χ1) is 9.62. The number of carbonyl (C=O) groups excluding carboxylic acids is 2. The molecule has 2 N–H and O–H groups in total. The molecule has 0 saturated heterocycles. The van der Waals surface area contributed by atoms with Gasteiger partial charge >= 0.3 is 11.8 Å². The zero-order valence-corrected chi connectivity index (χ0v) is 11.8. The van der Waals surface area contributed by atoms with E-state index in [1.54, 1.807) is 26.2 Å². The number of benzene rings is 1. The van der Waals surface area contributed by atoms with Crippen LogP contribution in [0.4, 0.5) is 0 Å². The van der Waals surface area contributed by atoms with E-state index >= 15 is 0 Å². The molecule has 1 aromatic carbocycles. The van der Waals surface area contributed by atoms with Gasteiger partial charge in [-0.3, -0.25) is 9.59 Å². The summed E-state index contributed by atoms with van der Waals surface area (Å²) in [5, 5.41) is 11.4. The number of aliphatic hydroxyl groups excluding tert-OH is 1. The number of hydrogen-bond donors (Lipinski definition) is 2. The molecule has 1 aromatic rings. The Balaban J connectivity index is 2.51. The van der Waals surface area contributed by atoms with Gasteiger partial charge < -0.3 is 20.1 Å². The van der Waals surface area contributed by atoms with E-state index in [0.29, 0.717) is 6.54 Å². The van der Waals surface area contributed by atoms with Crippen molar-refractivity contribution in [2.75, 3.05) is 26.8 Å². The molecule has 0 saturated carbocycles. The quantitative estimate of drug-likeness (QED) is 0.727. The third-order valence-corrected chi connectivity index (χ3v) is 2.85. The lowest BCUT2D eigenvalue weighted by atomic mass is 10.2. The Kier molecular flexibility index (Phi) is 6.52. The van der Waals surface area contributed by atoms with Gasteiger partial charge in [0.2, 0.25) is 0 Å². The summed E-state index contributed by atoms with van der Waals surface area (Å²) in [6.07, 6.45) is 0. The second kappa shape index (κ2) is 8.16. The van der Waals surface area contributed by atoms with Gasteiger partial charge in [-0.25, -0.2) is 0 Å². The average molecular weight is 280 g/mol. The molecule has 0 unspecified atom stereocenters. The van der Waals surface area contributed by atoms with Crippen LogP contribution in [0, 0.1) is 0 Å². The van der Waals surface area contributed by atoms with Gasteiger partial charge in [-0.05, 0) is 24.6 Å². The van der Waals surface area contributed by atoms with E-state index in [4.69, 9.17) is 9.84 Å². The van der Waals surface area contributed by atoms with Crippen molar-refractivity contribution in [2.24, 2.45) is 0 Å². The molecular weight excluding hydrogens is 260 g/mol. The first-order valence-corrected chi connectivity index (χ1v) is 6.43. The Morgan fingerprint density at radius 1 is 1.30 bits per heavy atom. The summed E-state index contributed by atoms with van der Waals surface area (Å²) in [5.74, 6) is -0.567. The fourth-order valence-electron chi connectivity index (χ4n) is 1.67. The van der Waals surface area contributed by atoms with Crippen LogP contribution in [0.3, 0.4) is 0 Å². The van der Waals surface area contributed by atoms with Crippen LogP contribution in [-0.4, -0.2) is 48.6 Å². The van der Waals surface area contributed by atoms with Gasteiger partial charge in [0.25, 0.3) is 0 Å². The Morgan fingerprint density at radius 2 is 1.95 bits per heavy atom. The highest BCUT2D eigenvalue weighted by atomic mass is 16.5. The Bertz CT molecular complexity index is 445. The molecule has 0 atom stereocenters. The molecule has 2 amide bonds. The summed E-state index contributed by atoms with van der Waals surface area (Å²) in [6, 6.07) is 7.20. The predicted octanol–water partition coefficient (Wildman–Crippen LogP) is 0.152. The first kappa shape index (κ1) is 16.0. The molecule has 0 radical (unpaired) electrons. The van der Waals surface area contributed by atoms with Crippen LogP contribution >= 0.6 is 0 Å². The molecule has 0 fully saturated rings. The lowest BCUT2D eigenvalue weighted by Crippen LogP contribution is -2.43. The van der Waals surface area contributed by atoms with Crippen molar-refractivity contribution >= 4 is 11.8 Å². The minimum atomic E-state index is -0.670. The number of rotatable bonds is 6. The van der Waals surface area contributed by atoms with Gasteiger partial charge in [0.15, 0.2) is 0 Å². The number of carbonyl (C=O) groups is 2. The minimum absolute atomic E-state index is 0.158. The van der Waals surface area contributed by atoms with Crippen LogP contribution in [0.25, 0.3) is 0 Å². The van der Waals surface area contributed by atoms with Crippen molar-refractivity contribution in [1.82, 2.24) is 10.2 Å². The molecule has 110 valence electrons. The number of likely N-dealkylation sites (N-methyl/N-ethyl adjacent to an activating group) is 1. The van der Waals surface area contributed by atoms with Crippen LogP contribution in [-0.2, 0) is 16.1 Å². The maximum atomic E-state index is 11.8. The van der Waals surface area contributed by atoms with Crippen molar-refractivity contribution in [3.8, 4) is 5.75 Å². The Morgan fingerprint density at radius 3 is 2.45 bits per heavy atom. The standard InChI is InChI=1S/C14H20N2O4/c1-3-16(8-9-17)14(19)13(18)15-10-11-4-6-12(20-2)7-5-11/h4-7,17H,3,8-10H2,1-2H3,(H,15,18). The smallest absolute Gasteiger partial charge is 0.311 e. The third kappa shape index (κ3) is 4.55. The third-order valence-electron chi connectivity index (χ3n) is 2.85. The zero-order chi connectivity index (χ0) is 15.0. The second-order valence-electron chi connectivity index (χ2n) is 4.14. The number of ether oxygens (including phenoxy) is 1. The number of amides is 2. The van der Waals surface area contributed by atoms with Crippen LogP contribution in [0.1, 0.15) is 12.5 Å². The van der Waals surface area contributed by atoms with Gasteiger partial charge in [-0.15, -0.1) is 0 Å². The molecular formula is C14H20N2O4. The molecule has 0 aromatic heterocycles. The highest BCUT2D eigenvalue weighted by molar-refractivity contribution is 6.34. The number of nitrogens with one attached hydrogen (secondary N) is 1. The summed E-state index contributed by atoms with van der Waals surface area (Å²) < 4.78 is 5.03. The lowest BCUT2D eigenvalue weighted by Gasteiger charge is -2.18. The first-order valence-electron chi connectivity index (χ1n) is 6.43. The van der Waals surface area contributed by atoms with Gasteiger partial charge in [0, 0.05) is 19.6 Å². The number of nitrogens with zero attached hydrogens (tertiary/aromatic N) is 1. The Hall–Kier alpha value is -2.08. The average Bonchev–Trinajstić information content (AvgIpc) is 2.50. The van der Waals surface area contributed by atoms with Crippen molar-refractivity contribution in [3.63, 3.8) is 0 Å². The predicted molar refractivity (Wildman–Crippen MR) is 74.2 cm³/mol. The van der Waals surface area contributed by atoms with Crippen molar-refractivity contribution in [3.05, 3.63) is 29.8 Å². The summed E-state index contributed by atoms with van der Waals surface area (Å²) in [7, 11) is 1.58. The summed E-state index contributed by atoms with van der Waals surface area (Å²) in [6.45, 7) is 2.40. The topological polar surface area (TPSA) is 78.9 Å². The normalized spacial score (nSPS) is 9.95. The molecule has 20 heavy (non-hydrogen) atoms. The van der Waals surface area contributed by atoms with Gasteiger partial charge in [-0.2, -0.15) is 0 Å². The fraction of sp³-hybridized carbons (Fsp3) is 0.429. The van der Waals surface area contributed by atoms with Crippen LogP contribution in [0.15, 0.2) is 24.3 Å². The minimum Gasteiger partial charge on any atom is -0.497 e. The van der Waals surface area contributed by atoms with E-state index in [1.165, 1.54) is 4.90 Å². The lowest BCUT2D eigenvalue weighted by molar-refractivity contribution is -0.146. The van der Waals surface area contributed by atoms with E-state index in [-0.39, 0.29) is 19.7 Å². The number of methoxy groups -OCH3 is 1. The van der Waals surface area contributed by atoms with E-state index in [1.807, 2.05) is 12.1 Å². The summed E-state index contributed by atoms with van der Waals surface area (Å²) in [5.41, 5.74) is 0.872. The zero-order valence-electron chi connectivity index (χ0n) is 11.8. The number of aliphatic hydroxyl groups is 1. The molecule has 6 nitrogen and oxygen atoms in total. The molecule has 1 rings (SSSR count). The fourth-order valence-corrected chi connectivity index (χ4v) is 1.67. The monoisotopic (exact) mass is 280 g/mol. The second-order valence-corrected chi connectivity index (χ2v) is 4.14. The van der Waals surface area contributed by atoms with Crippen molar-refractivity contribution in [1.29, 1.82) is 0 Å². The molecule has 0 heterocycles. The van der Waals surface area contributed by atoms with Crippen LogP contribution in [0.2, 0.25) is 0 Å². The molecule has 0 bridgehead atoms. The molecule has 6 heteroatoms. The molecule has 0 aliphatic rings. The number of hydrogen-bond acceptors (Lipinski definition) is 4. The van der Waals surface area contributed by atoms with Gasteiger partial charge in [0.05, 0.1) is 13.7 Å². The van der Waals surface area contributed by atoms with E-state index in [2.05, 4.69) is 5.32 Å². The largest absolute Gasteiger partial charge is 0.497 e. The van der Waals surface area contributed by atoms with Crippen molar-refractivity contribution < 1.29 is 19.4 Å². The Labute approximate surface area is 118 Å². The van der Waals surface area contributed by atoms with Crippen LogP contribution < -0.4 is 10.1 Å². The van der Waals surface area contributed by atoms with Crippen molar-refractivity contribution in [2.45, 2.75) is 13.5 Å². The summed E-state index contributed by atoms with van der Waals surface area (Å²) in [4.78, 5) is 24.8. The van der Waals surface area contributed by atoms with E-state index in [0.717, 1.165) is 11.3 Å². The molecule has 0 aliphatic heterocycles. The van der Waals surface area contributed by atoms with Gasteiger partial charge in [-0.1, -0.05) is 12.1 Å². The summed E-state index contributed by atoms with van der Waals surface area (Å²) >= 11 is 0. The highest BCUT2D eigenvalue weighted by Gasteiger charge is 2.19. The molecule has 0 aliphatic carbocycles. The highest BCUT2D eigenvalue weighted by Crippen LogP contribution is 2.10. The van der Waals surface area contributed by atoms with Gasteiger partial charge in [0.1, 0.15) is 5.75 Å².